The van der Waals surface area contributed by atoms with Gasteiger partial charge in [-0.15, -0.1) is 0 Å². The number of rotatable bonds is 13. The van der Waals surface area contributed by atoms with Crippen molar-refractivity contribution >= 4 is 16.9 Å². The zero-order chi connectivity index (χ0) is 25.5. The number of benzene rings is 2. The van der Waals surface area contributed by atoms with E-state index >= 15 is 0 Å². The summed E-state index contributed by atoms with van der Waals surface area (Å²) in [6.07, 6.45) is 5.54. The third-order valence-corrected chi connectivity index (χ3v) is 6.91. The minimum absolute atomic E-state index is 0.130. The van der Waals surface area contributed by atoms with Crippen LogP contribution in [0.15, 0.2) is 57.7 Å². The Bertz CT molecular complexity index is 1210. The van der Waals surface area contributed by atoms with Crippen LogP contribution in [0.2, 0.25) is 0 Å². The lowest BCUT2D eigenvalue weighted by molar-refractivity contribution is 0.0719. The van der Waals surface area contributed by atoms with Gasteiger partial charge in [-0.3, -0.25) is 9.59 Å². The summed E-state index contributed by atoms with van der Waals surface area (Å²) in [5, 5.41) is 0.507. The third kappa shape index (κ3) is 5.49. The first-order valence-electron chi connectivity index (χ1n) is 13.4. The molecule has 4 rings (SSSR count). The molecule has 1 unspecified atom stereocenters. The van der Waals surface area contributed by atoms with Gasteiger partial charge in [0.1, 0.15) is 11.3 Å². The van der Waals surface area contributed by atoms with Crippen molar-refractivity contribution < 1.29 is 13.9 Å². The van der Waals surface area contributed by atoms with E-state index < -0.39 is 6.04 Å². The number of para-hydroxylation sites is 1. The maximum absolute atomic E-state index is 13.6. The smallest absolute Gasteiger partial charge is 0.290 e. The summed E-state index contributed by atoms with van der Waals surface area (Å²) in [5.41, 5.74) is 1.65. The average molecular weight is 491 g/mol. The average Bonchev–Trinajstić information content (AvgIpc) is 3.17. The number of hydrogen-bond donors (Lipinski definition) is 0. The highest BCUT2D eigenvalue weighted by Gasteiger charge is 2.42. The lowest BCUT2D eigenvalue weighted by Gasteiger charge is -2.27. The summed E-state index contributed by atoms with van der Waals surface area (Å²) in [5.74, 6) is 0.734. The number of hydrogen-bond acceptors (Lipinski definition) is 5. The monoisotopic (exact) mass is 490 g/mol. The largest absolute Gasteiger partial charge is 0.494 e. The number of amides is 1. The first kappa shape index (κ1) is 26.0. The third-order valence-electron chi connectivity index (χ3n) is 6.91. The Morgan fingerprint density at radius 3 is 2.22 bits per heavy atom. The highest BCUT2D eigenvalue weighted by molar-refractivity contribution is 5.99. The molecule has 1 aliphatic heterocycles. The van der Waals surface area contributed by atoms with Gasteiger partial charge in [0.05, 0.1) is 23.6 Å². The van der Waals surface area contributed by atoms with Gasteiger partial charge in [0.15, 0.2) is 5.43 Å². The van der Waals surface area contributed by atoms with Crippen LogP contribution in [0, 0.1) is 0 Å². The summed E-state index contributed by atoms with van der Waals surface area (Å²) >= 11 is 0. The molecule has 1 amide bonds. The van der Waals surface area contributed by atoms with Crippen LogP contribution in [-0.2, 0) is 0 Å². The molecule has 192 valence electrons. The van der Waals surface area contributed by atoms with Crippen LogP contribution in [-0.4, -0.2) is 48.5 Å². The maximum atomic E-state index is 13.6. The molecular weight excluding hydrogens is 452 g/mol. The van der Waals surface area contributed by atoms with Crippen LogP contribution < -0.4 is 10.2 Å². The number of carbonyl (C=O) groups is 1. The Balaban J connectivity index is 1.65. The van der Waals surface area contributed by atoms with E-state index in [-0.39, 0.29) is 17.1 Å². The first-order chi connectivity index (χ1) is 17.6. The zero-order valence-electron chi connectivity index (χ0n) is 21.8. The predicted octanol–water partition coefficient (Wildman–Crippen LogP) is 6.03. The molecule has 1 aromatic heterocycles. The van der Waals surface area contributed by atoms with Gasteiger partial charge in [-0.25, -0.2) is 0 Å². The lowest BCUT2D eigenvalue weighted by Crippen LogP contribution is -2.34. The highest BCUT2D eigenvalue weighted by atomic mass is 16.5. The molecule has 0 saturated heterocycles. The van der Waals surface area contributed by atoms with Crippen molar-refractivity contribution in [1.82, 2.24) is 9.80 Å². The minimum Gasteiger partial charge on any atom is -0.494 e. The fraction of sp³-hybridized carbons (Fsp3) is 0.467. The van der Waals surface area contributed by atoms with Crippen LogP contribution >= 0.6 is 0 Å². The van der Waals surface area contributed by atoms with Gasteiger partial charge in [0.2, 0.25) is 5.76 Å². The van der Waals surface area contributed by atoms with Gasteiger partial charge in [-0.2, -0.15) is 0 Å². The number of fused-ring (bicyclic) bond motifs is 2. The topological polar surface area (TPSA) is 63.0 Å². The molecule has 2 aromatic carbocycles. The van der Waals surface area contributed by atoms with Crippen LogP contribution in [0.4, 0.5) is 0 Å². The van der Waals surface area contributed by atoms with E-state index in [1.165, 1.54) is 25.7 Å². The molecule has 0 N–H and O–H groups in total. The molecule has 0 radical (unpaired) electrons. The van der Waals surface area contributed by atoms with Crippen molar-refractivity contribution in [3.05, 3.63) is 75.6 Å². The van der Waals surface area contributed by atoms with Crippen LogP contribution in [0.3, 0.4) is 0 Å². The van der Waals surface area contributed by atoms with Crippen LogP contribution in [0.5, 0.6) is 5.75 Å². The van der Waals surface area contributed by atoms with Crippen molar-refractivity contribution in [2.45, 2.75) is 58.9 Å². The molecule has 0 spiro atoms. The summed E-state index contributed by atoms with van der Waals surface area (Å²) < 4.78 is 11.7. The molecule has 6 heteroatoms. The molecule has 0 fully saturated rings. The fourth-order valence-electron chi connectivity index (χ4n) is 5.02. The SMILES string of the molecule is CCCCN(CCCC)CCCN1C(=O)c2oc3ccccc3c(=O)c2C1c1ccc(OCC)cc1. The van der Waals surface area contributed by atoms with Gasteiger partial charge in [0, 0.05) is 6.54 Å². The van der Waals surface area contributed by atoms with E-state index in [9.17, 15) is 9.59 Å². The molecule has 0 bridgehead atoms. The van der Waals surface area contributed by atoms with Crippen molar-refractivity contribution in [2.24, 2.45) is 0 Å². The van der Waals surface area contributed by atoms with Crippen molar-refractivity contribution in [3.8, 4) is 5.75 Å². The van der Waals surface area contributed by atoms with Crippen LogP contribution in [0.1, 0.15) is 80.6 Å². The second-order valence-electron chi connectivity index (χ2n) is 9.48. The quantitative estimate of drug-likeness (QED) is 0.293. The number of nitrogens with zero attached hydrogens (tertiary/aromatic N) is 2. The van der Waals surface area contributed by atoms with Gasteiger partial charge < -0.3 is 19.0 Å². The Kier molecular flexibility index (Phi) is 8.81. The Labute approximate surface area is 213 Å². The van der Waals surface area contributed by atoms with Crippen molar-refractivity contribution in [1.29, 1.82) is 0 Å². The van der Waals surface area contributed by atoms with Gasteiger partial charge in [-0.1, -0.05) is 51.0 Å². The van der Waals surface area contributed by atoms with E-state index in [2.05, 4.69) is 18.7 Å². The maximum Gasteiger partial charge on any atom is 0.290 e. The van der Waals surface area contributed by atoms with Gasteiger partial charge in [0.25, 0.3) is 5.91 Å². The van der Waals surface area contributed by atoms with E-state index in [1.807, 2.05) is 48.2 Å². The van der Waals surface area contributed by atoms with E-state index in [1.54, 1.807) is 12.1 Å². The Hall–Kier alpha value is -3.12. The molecule has 2 heterocycles. The lowest BCUT2D eigenvalue weighted by atomic mass is 9.98. The van der Waals surface area contributed by atoms with Crippen molar-refractivity contribution in [2.75, 3.05) is 32.8 Å². The van der Waals surface area contributed by atoms with Gasteiger partial charge in [-0.05, 0) is 75.6 Å². The second-order valence-corrected chi connectivity index (χ2v) is 9.48. The molecule has 6 nitrogen and oxygen atoms in total. The van der Waals surface area contributed by atoms with Gasteiger partial charge >= 0.3 is 0 Å². The summed E-state index contributed by atoms with van der Waals surface area (Å²) in [4.78, 5) is 31.6. The number of ether oxygens (including phenoxy) is 1. The number of unbranched alkanes of at least 4 members (excludes halogenated alkanes) is 2. The molecule has 36 heavy (non-hydrogen) atoms. The number of carbonyl (C=O) groups excluding carboxylic acids is 1. The Morgan fingerprint density at radius 1 is 0.889 bits per heavy atom. The Morgan fingerprint density at radius 2 is 1.56 bits per heavy atom. The molecule has 0 aliphatic carbocycles. The first-order valence-corrected chi connectivity index (χ1v) is 13.4. The summed E-state index contributed by atoms with van der Waals surface area (Å²) in [6, 6.07) is 14.4. The molecular formula is C30H38N2O4. The zero-order valence-corrected chi connectivity index (χ0v) is 21.8. The standard InChI is InChI=1S/C30H38N2O4/c1-4-7-18-31(19-8-5-2)20-11-21-32-27(22-14-16-23(17-15-22)35-6-3)26-28(33)24-12-9-10-13-25(24)36-29(26)30(32)34/h9-10,12-17,27H,4-8,11,18-21H2,1-3H3. The highest BCUT2D eigenvalue weighted by Crippen LogP contribution is 2.38. The van der Waals surface area contributed by atoms with E-state index in [0.717, 1.165) is 37.4 Å². The molecule has 1 atom stereocenters. The van der Waals surface area contributed by atoms with Crippen LogP contribution in [0.25, 0.3) is 11.0 Å². The minimum atomic E-state index is -0.469. The van der Waals surface area contributed by atoms with E-state index in [0.29, 0.717) is 29.7 Å². The second kappa shape index (κ2) is 12.2. The van der Waals surface area contributed by atoms with E-state index in [4.69, 9.17) is 9.15 Å². The van der Waals surface area contributed by atoms with Crippen molar-refractivity contribution in [3.63, 3.8) is 0 Å². The normalized spacial score (nSPS) is 15.2. The summed E-state index contributed by atoms with van der Waals surface area (Å²) in [6.45, 7) is 10.6. The molecule has 0 saturated carbocycles. The molecule has 1 aliphatic rings. The summed E-state index contributed by atoms with van der Waals surface area (Å²) in [7, 11) is 0. The molecule has 3 aromatic rings. The predicted molar refractivity (Wildman–Crippen MR) is 144 cm³/mol. The fourth-order valence-corrected chi connectivity index (χ4v) is 5.02.